The first-order valence-electron chi connectivity index (χ1n) is 7.17. The van der Waals surface area contributed by atoms with Crippen molar-refractivity contribution in [2.24, 2.45) is 0 Å². The molecule has 0 aliphatic rings. The Labute approximate surface area is 131 Å². The molecule has 0 unspecified atom stereocenters. The van der Waals surface area contributed by atoms with Gasteiger partial charge in [-0.1, -0.05) is 6.07 Å². The number of rotatable bonds is 2. The third kappa shape index (κ3) is 2.40. The lowest BCUT2D eigenvalue weighted by Crippen LogP contribution is -2.12. The summed E-state index contributed by atoms with van der Waals surface area (Å²) in [5.74, 6) is -0.205. The van der Waals surface area contributed by atoms with E-state index in [-0.39, 0.29) is 5.91 Å². The van der Waals surface area contributed by atoms with Crippen LogP contribution in [0.4, 0.5) is 5.69 Å². The van der Waals surface area contributed by atoms with E-state index < -0.39 is 0 Å². The lowest BCUT2D eigenvalue weighted by atomic mass is 10.1. The van der Waals surface area contributed by atoms with Gasteiger partial charge in [-0.25, -0.2) is 4.98 Å². The number of amides is 1. The van der Waals surface area contributed by atoms with E-state index in [4.69, 9.17) is 0 Å². The predicted octanol–water partition coefficient (Wildman–Crippen LogP) is 3.07. The molecule has 0 atom stereocenters. The van der Waals surface area contributed by atoms with Crippen LogP contribution in [-0.4, -0.2) is 26.1 Å². The van der Waals surface area contributed by atoms with Gasteiger partial charge in [-0.2, -0.15) is 5.10 Å². The summed E-state index contributed by atoms with van der Waals surface area (Å²) in [4.78, 5) is 20.9. The van der Waals surface area contributed by atoms with E-state index in [1.54, 1.807) is 12.3 Å². The van der Waals surface area contributed by atoms with Gasteiger partial charge in [0.25, 0.3) is 5.91 Å². The lowest BCUT2D eigenvalue weighted by Gasteiger charge is -2.06. The van der Waals surface area contributed by atoms with Crippen LogP contribution < -0.4 is 5.32 Å². The van der Waals surface area contributed by atoms with Crippen molar-refractivity contribution in [2.45, 2.75) is 6.92 Å². The van der Waals surface area contributed by atoms with E-state index in [0.717, 1.165) is 27.7 Å². The zero-order valence-corrected chi connectivity index (χ0v) is 12.4. The molecule has 0 spiro atoms. The maximum Gasteiger partial charge on any atom is 0.257 e. The van der Waals surface area contributed by atoms with E-state index in [0.29, 0.717) is 11.2 Å². The first-order chi connectivity index (χ1) is 11.2. The van der Waals surface area contributed by atoms with Gasteiger partial charge in [0.05, 0.1) is 11.1 Å². The molecule has 0 aliphatic heterocycles. The highest BCUT2D eigenvalue weighted by atomic mass is 16.1. The zero-order valence-electron chi connectivity index (χ0n) is 12.4. The maximum atomic E-state index is 12.4. The van der Waals surface area contributed by atoms with E-state index >= 15 is 0 Å². The van der Waals surface area contributed by atoms with Crippen molar-refractivity contribution in [3.05, 3.63) is 60.0 Å². The number of nitrogens with zero attached hydrogens (tertiary/aromatic N) is 3. The Hall–Kier alpha value is -3.28. The van der Waals surface area contributed by atoms with Crippen LogP contribution in [0.5, 0.6) is 0 Å². The molecule has 3 aromatic heterocycles. The molecule has 0 saturated carbocycles. The van der Waals surface area contributed by atoms with Crippen LogP contribution in [0.15, 0.2) is 48.8 Å². The van der Waals surface area contributed by atoms with Gasteiger partial charge in [-0.15, -0.1) is 0 Å². The standard InChI is InChI=1S/C17H13N5O/c1-10-14-8-12(9-19-16(14)22-21-10)17(23)20-13-4-5-15-11(7-13)3-2-6-18-15/h2-9H,1H3,(H,20,23)(H,19,21,22). The summed E-state index contributed by atoms with van der Waals surface area (Å²) in [6, 6.07) is 11.2. The molecule has 1 aromatic carbocycles. The molecule has 0 radical (unpaired) electrons. The van der Waals surface area contributed by atoms with E-state index in [9.17, 15) is 4.79 Å². The van der Waals surface area contributed by atoms with Crippen molar-refractivity contribution >= 4 is 33.5 Å². The van der Waals surface area contributed by atoms with Crippen molar-refractivity contribution < 1.29 is 4.79 Å². The molecule has 0 fully saturated rings. The summed E-state index contributed by atoms with van der Waals surface area (Å²) >= 11 is 0. The Morgan fingerprint density at radius 1 is 1.17 bits per heavy atom. The third-order valence-corrected chi connectivity index (χ3v) is 3.72. The summed E-state index contributed by atoms with van der Waals surface area (Å²) in [5, 5.41) is 11.6. The number of fused-ring (bicyclic) bond motifs is 2. The number of nitrogens with one attached hydrogen (secondary N) is 2. The van der Waals surface area contributed by atoms with Crippen LogP contribution >= 0.6 is 0 Å². The van der Waals surface area contributed by atoms with E-state index in [1.807, 2.05) is 37.3 Å². The summed E-state index contributed by atoms with van der Waals surface area (Å²) < 4.78 is 0. The normalized spacial score (nSPS) is 11.0. The van der Waals surface area contributed by atoms with Gasteiger partial charge >= 0.3 is 0 Å². The fraction of sp³-hybridized carbons (Fsp3) is 0.0588. The Balaban J connectivity index is 1.65. The van der Waals surface area contributed by atoms with E-state index in [2.05, 4.69) is 25.5 Å². The van der Waals surface area contributed by atoms with Gasteiger partial charge in [0, 0.05) is 34.5 Å². The number of benzene rings is 1. The Kier molecular flexibility index (Phi) is 3.01. The predicted molar refractivity (Wildman–Crippen MR) is 88.3 cm³/mol. The Morgan fingerprint density at radius 2 is 2.09 bits per heavy atom. The van der Waals surface area contributed by atoms with Crippen molar-refractivity contribution in [2.75, 3.05) is 5.32 Å². The molecule has 6 heteroatoms. The largest absolute Gasteiger partial charge is 0.322 e. The second-order valence-corrected chi connectivity index (χ2v) is 5.31. The summed E-state index contributed by atoms with van der Waals surface area (Å²) in [6.07, 6.45) is 3.27. The molecule has 2 N–H and O–H groups in total. The summed E-state index contributed by atoms with van der Waals surface area (Å²) in [5.41, 5.74) is 3.60. The molecule has 6 nitrogen and oxygen atoms in total. The molecule has 4 rings (SSSR count). The minimum Gasteiger partial charge on any atom is -0.322 e. The fourth-order valence-corrected chi connectivity index (χ4v) is 2.50. The van der Waals surface area contributed by atoms with Gasteiger partial charge in [-0.3, -0.25) is 14.9 Å². The zero-order chi connectivity index (χ0) is 15.8. The number of aromatic nitrogens is 4. The summed E-state index contributed by atoms with van der Waals surface area (Å²) in [6.45, 7) is 1.90. The molecule has 3 heterocycles. The fourth-order valence-electron chi connectivity index (χ4n) is 2.50. The Bertz CT molecular complexity index is 1040. The van der Waals surface area contributed by atoms with Crippen molar-refractivity contribution in [3.63, 3.8) is 0 Å². The van der Waals surface area contributed by atoms with Crippen molar-refractivity contribution in [1.29, 1.82) is 0 Å². The molecular formula is C17H13N5O. The van der Waals surface area contributed by atoms with Crippen LogP contribution in [0.25, 0.3) is 21.9 Å². The number of carbonyl (C=O) groups excluding carboxylic acids is 1. The first kappa shape index (κ1) is 13.4. The van der Waals surface area contributed by atoms with Crippen molar-refractivity contribution in [1.82, 2.24) is 20.2 Å². The molecule has 0 saturated heterocycles. The molecule has 4 aromatic rings. The third-order valence-electron chi connectivity index (χ3n) is 3.72. The number of hydrogen-bond donors (Lipinski definition) is 2. The molecule has 1 amide bonds. The van der Waals surface area contributed by atoms with Crippen LogP contribution in [-0.2, 0) is 0 Å². The number of carbonyl (C=O) groups is 1. The van der Waals surface area contributed by atoms with Crippen LogP contribution in [0.2, 0.25) is 0 Å². The molecule has 23 heavy (non-hydrogen) atoms. The van der Waals surface area contributed by atoms with E-state index in [1.165, 1.54) is 6.20 Å². The smallest absolute Gasteiger partial charge is 0.257 e. The Morgan fingerprint density at radius 3 is 3.00 bits per heavy atom. The molecule has 0 aliphatic carbocycles. The quantitative estimate of drug-likeness (QED) is 0.596. The average Bonchev–Trinajstić information content (AvgIpc) is 2.95. The topological polar surface area (TPSA) is 83.6 Å². The number of pyridine rings is 2. The lowest BCUT2D eigenvalue weighted by molar-refractivity contribution is 0.102. The minimum absolute atomic E-state index is 0.205. The number of H-pyrrole nitrogens is 1. The maximum absolute atomic E-state index is 12.4. The second kappa shape index (κ2) is 5.17. The minimum atomic E-state index is -0.205. The highest BCUT2D eigenvalue weighted by Gasteiger charge is 2.10. The molecule has 112 valence electrons. The van der Waals surface area contributed by atoms with Gasteiger partial charge in [-0.05, 0) is 37.3 Å². The molecule has 0 bridgehead atoms. The number of anilines is 1. The van der Waals surface area contributed by atoms with Crippen LogP contribution in [0, 0.1) is 6.92 Å². The van der Waals surface area contributed by atoms with Gasteiger partial charge in [0.1, 0.15) is 0 Å². The van der Waals surface area contributed by atoms with Gasteiger partial charge in [0.2, 0.25) is 0 Å². The second-order valence-electron chi connectivity index (χ2n) is 5.31. The SMILES string of the molecule is Cc1[nH]nc2ncc(C(=O)Nc3ccc4ncccc4c3)cc12. The number of hydrogen-bond acceptors (Lipinski definition) is 4. The van der Waals surface area contributed by atoms with Crippen LogP contribution in [0.3, 0.4) is 0 Å². The molecular weight excluding hydrogens is 290 g/mol. The monoisotopic (exact) mass is 303 g/mol. The highest BCUT2D eigenvalue weighted by molar-refractivity contribution is 6.06. The average molecular weight is 303 g/mol. The number of aromatic amines is 1. The summed E-state index contributed by atoms with van der Waals surface area (Å²) in [7, 11) is 0. The van der Waals surface area contributed by atoms with Crippen LogP contribution in [0.1, 0.15) is 16.1 Å². The van der Waals surface area contributed by atoms with Gasteiger partial charge < -0.3 is 5.32 Å². The highest BCUT2D eigenvalue weighted by Crippen LogP contribution is 2.19. The first-order valence-corrected chi connectivity index (χ1v) is 7.17. The van der Waals surface area contributed by atoms with Gasteiger partial charge in [0.15, 0.2) is 5.65 Å². The number of aryl methyl sites for hydroxylation is 1. The van der Waals surface area contributed by atoms with Crippen molar-refractivity contribution in [3.8, 4) is 0 Å².